The monoisotopic (exact) mass is 527 g/mol. The molecule has 6 aromatic rings. The highest BCUT2D eigenvalue weighted by Gasteiger charge is 2.28. The van der Waals surface area contributed by atoms with Gasteiger partial charge in [0.2, 0.25) is 5.69 Å². The fraction of sp³-hybridized carbons (Fsp3) is 0.167. The van der Waals surface area contributed by atoms with E-state index in [9.17, 15) is 5.26 Å². The van der Waals surface area contributed by atoms with Crippen LogP contribution in [0.2, 0.25) is 0 Å². The summed E-state index contributed by atoms with van der Waals surface area (Å²) in [5, 5.41) is 11.4. The predicted octanol–water partition coefficient (Wildman–Crippen LogP) is 9.03. The third-order valence-electron chi connectivity index (χ3n) is 7.45. The van der Waals surface area contributed by atoms with Gasteiger partial charge in [-0.2, -0.15) is 5.26 Å². The van der Waals surface area contributed by atoms with Crippen LogP contribution in [0.15, 0.2) is 95.5 Å². The molecule has 4 aromatic carbocycles. The summed E-state index contributed by atoms with van der Waals surface area (Å²) >= 11 is 0. The number of rotatable bonds is 3. The Labute approximate surface area is 236 Å². The molecule has 0 radical (unpaired) electrons. The SMILES string of the molecule is [2H]c1c(F)c(C(C)(C)C)c([2H])[n+](C)c1-c1c(C)ccc2c1oc1c(-c3cccc(-c4ccccc4)c3)ccc(C#N)c12. The van der Waals surface area contributed by atoms with Crippen LogP contribution in [0.3, 0.4) is 0 Å². The van der Waals surface area contributed by atoms with Crippen molar-refractivity contribution in [3.8, 4) is 39.6 Å². The van der Waals surface area contributed by atoms with E-state index in [0.717, 1.165) is 27.8 Å². The smallest absolute Gasteiger partial charge is 0.219 e. The number of furan rings is 1. The number of pyridine rings is 1. The van der Waals surface area contributed by atoms with Gasteiger partial charge in [-0.25, -0.2) is 8.96 Å². The van der Waals surface area contributed by atoms with Gasteiger partial charge in [0, 0.05) is 22.4 Å². The zero-order chi connectivity index (χ0) is 29.9. The number of halogens is 1. The molecular weight excluding hydrogens is 495 g/mol. The first-order valence-corrected chi connectivity index (χ1v) is 13.3. The third kappa shape index (κ3) is 4.15. The third-order valence-corrected chi connectivity index (χ3v) is 7.45. The van der Waals surface area contributed by atoms with Gasteiger partial charge in [0.15, 0.2) is 6.17 Å². The van der Waals surface area contributed by atoms with E-state index in [1.807, 2.05) is 76.2 Å². The first kappa shape index (κ1) is 23.2. The molecule has 196 valence electrons. The molecule has 2 heterocycles. The van der Waals surface area contributed by atoms with Crippen LogP contribution >= 0.6 is 0 Å². The molecule has 0 N–H and O–H groups in total. The molecule has 40 heavy (non-hydrogen) atoms. The molecule has 0 fully saturated rings. The van der Waals surface area contributed by atoms with E-state index in [2.05, 4.69) is 30.3 Å². The molecule has 3 nitrogen and oxygen atoms in total. The Bertz CT molecular complexity index is 2050. The van der Waals surface area contributed by atoms with E-state index >= 15 is 4.39 Å². The van der Waals surface area contributed by atoms with Crippen molar-refractivity contribution >= 4 is 21.9 Å². The maximum Gasteiger partial charge on any atom is 0.219 e. The van der Waals surface area contributed by atoms with Crippen LogP contribution in [-0.4, -0.2) is 0 Å². The normalized spacial score (nSPS) is 12.4. The average molecular weight is 528 g/mol. The quantitative estimate of drug-likeness (QED) is 0.215. The fourth-order valence-electron chi connectivity index (χ4n) is 5.40. The highest BCUT2D eigenvalue weighted by atomic mass is 19.1. The Balaban J connectivity index is 1.68. The van der Waals surface area contributed by atoms with Crippen molar-refractivity contribution < 1.29 is 16.1 Å². The molecule has 0 aliphatic heterocycles. The molecule has 4 heteroatoms. The van der Waals surface area contributed by atoms with Crippen LogP contribution in [0, 0.1) is 24.1 Å². The molecular formula is C36H30FN2O+. The second-order valence-electron chi connectivity index (χ2n) is 11.2. The van der Waals surface area contributed by atoms with Crippen molar-refractivity contribution in [1.29, 1.82) is 5.26 Å². The molecule has 0 spiro atoms. The summed E-state index contributed by atoms with van der Waals surface area (Å²) in [6, 6.07) is 27.8. The Morgan fingerprint density at radius 3 is 2.35 bits per heavy atom. The average Bonchev–Trinajstić information content (AvgIpc) is 3.36. The van der Waals surface area contributed by atoms with Crippen molar-refractivity contribution in [2.45, 2.75) is 33.1 Å². The van der Waals surface area contributed by atoms with Gasteiger partial charge >= 0.3 is 0 Å². The molecule has 2 aromatic heterocycles. The van der Waals surface area contributed by atoms with Gasteiger partial charge < -0.3 is 4.42 Å². The van der Waals surface area contributed by atoms with Gasteiger partial charge in [0.25, 0.3) is 0 Å². The number of hydrogen-bond donors (Lipinski definition) is 0. The van der Waals surface area contributed by atoms with Crippen LogP contribution in [-0.2, 0) is 12.5 Å². The molecule has 0 saturated carbocycles. The number of fused-ring (bicyclic) bond motifs is 3. The summed E-state index contributed by atoms with van der Waals surface area (Å²) in [4.78, 5) is 0. The van der Waals surface area contributed by atoms with Crippen LogP contribution in [0.1, 0.15) is 40.2 Å². The highest BCUT2D eigenvalue weighted by Crippen LogP contribution is 2.42. The van der Waals surface area contributed by atoms with Crippen molar-refractivity contribution in [3.05, 3.63) is 114 Å². The van der Waals surface area contributed by atoms with E-state index in [4.69, 9.17) is 7.16 Å². The van der Waals surface area contributed by atoms with Crippen molar-refractivity contribution in [1.82, 2.24) is 0 Å². The molecule has 0 atom stereocenters. The number of nitrogens with zero attached hydrogens (tertiary/aromatic N) is 2. The van der Waals surface area contributed by atoms with E-state index in [1.54, 1.807) is 17.7 Å². The molecule has 0 unspecified atom stereocenters. The first-order valence-electron chi connectivity index (χ1n) is 14.3. The van der Waals surface area contributed by atoms with Gasteiger partial charge in [0.1, 0.15) is 25.4 Å². The van der Waals surface area contributed by atoms with E-state index in [-0.39, 0.29) is 23.5 Å². The minimum Gasteiger partial charge on any atom is -0.454 e. The van der Waals surface area contributed by atoms with Crippen molar-refractivity contribution in [3.63, 3.8) is 0 Å². The van der Waals surface area contributed by atoms with Gasteiger partial charge in [-0.05, 0) is 52.8 Å². The lowest BCUT2D eigenvalue weighted by Gasteiger charge is -2.18. The maximum absolute atomic E-state index is 15.8. The van der Waals surface area contributed by atoms with Gasteiger partial charge in [-0.3, -0.25) is 0 Å². The summed E-state index contributed by atoms with van der Waals surface area (Å²) in [6.45, 7) is 7.40. The number of aromatic nitrogens is 1. The second kappa shape index (κ2) is 9.47. The Morgan fingerprint density at radius 2 is 1.62 bits per heavy atom. The van der Waals surface area contributed by atoms with Crippen LogP contribution in [0.4, 0.5) is 4.39 Å². The minimum atomic E-state index is -0.704. The second-order valence-corrected chi connectivity index (χ2v) is 11.2. The van der Waals surface area contributed by atoms with E-state index < -0.39 is 11.2 Å². The van der Waals surface area contributed by atoms with Crippen LogP contribution in [0.5, 0.6) is 0 Å². The number of nitriles is 1. The zero-order valence-electron chi connectivity index (χ0n) is 25.2. The number of hydrogen-bond acceptors (Lipinski definition) is 2. The van der Waals surface area contributed by atoms with Gasteiger partial charge in [-0.1, -0.05) is 81.4 Å². The van der Waals surface area contributed by atoms with Crippen LogP contribution in [0.25, 0.3) is 55.4 Å². The lowest BCUT2D eigenvalue weighted by molar-refractivity contribution is -0.661. The van der Waals surface area contributed by atoms with Gasteiger partial charge in [-0.15, -0.1) is 0 Å². The number of benzene rings is 4. The van der Waals surface area contributed by atoms with Gasteiger partial charge in [0.05, 0.1) is 24.1 Å². The molecule has 0 amide bonds. The van der Waals surface area contributed by atoms with Crippen molar-refractivity contribution in [2.24, 2.45) is 7.05 Å². The molecule has 0 aliphatic rings. The Morgan fingerprint density at radius 1 is 0.900 bits per heavy atom. The first-order chi connectivity index (χ1) is 20.0. The molecule has 0 saturated heterocycles. The standard InChI is InChI=1S/C36H30FN2O/c1-22-14-16-28-33-26(20-38)15-17-27(25-13-9-12-24(18-25)23-10-7-6-8-11-23)34(33)40-35(28)32(22)31-19-30(37)29(21-39(31)5)36(2,3)4/h6-19,21H,1-5H3/q+1/i19D,21D. The Kier molecular flexibility index (Phi) is 5.48. The lowest BCUT2D eigenvalue weighted by atomic mass is 9.87. The molecule has 0 aliphatic carbocycles. The predicted molar refractivity (Wildman–Crippen MR) is 159 cm³/mol. The topological polar surface area (TPSA) is 40.8 Å². The zero-order valence-corrected chi connectivity index (χ0v) is 23.2. The largest absolute Gasteiger partial charge is 0.454 e. The van der Waals surface area contributed by atoms with E-state index in [0.29, 0.717) is 33.1 Å². The molecule has 0 bridgehead atoms. The summed E-state index contributed by atoms with van der Waals surface area (Å²) in [6.07, 6.45) is 0.00893. The Hall–Kier alpha value is -4.75. The van der Waals surface area contributed by atoms with E-state index in [1.165, 1.54) is 0 Å². The van der Waals surface area contributed by atoms with Crippen LogP contribution < -0.4 is 4.57 Å². The summed E-state index contributed by atoms with van der Waals surface area (Å²) < 4.78 is 41.7. The summed E-state index contributed by atoms with van der Waals surface area (Å²) in [5.41, 5.74) is 6.50. The fourth-order valence-corrected chi connectivity index (χ4v) is 5.40. The summed E-state index contributed by atoms with van der Waals surface area (Å²) in [5.74, 6) is -0.704. The summed E-state index contributed by atoms with van der Waals surface area (Å²) in [7, 11) is 1.69. The number of aryl methyl sites for hydroxylation is 1. The lowest BCUT2D eigenvalue weighted by Crippen LogP contribution is -2.34. The highest BCUT2D eigenvalue weighted by molar-refractivity contribution is 6.15. The maximum atomic E-state index is 15.8. The molecule has 6 rings (SSSR count). The van der Waals surface area contributed by atoms with Crippen molar-refractivity contribution in [2.75, 3.05) is 0 Å². The minimum absolute atomic E-state index is 0.00893.